The maximum atomic E-state index is 11.8. The van der Waals surface area contributed by atoms with Crippen LogP contribution in [0.3, 0.4) is 0 Å². The van der Waals surface area contributed by atoms with Crippen LogP contribution in [0.5, 0.6) is 0 Å². The van der Waals surface area contributed by atoms with E-state index in [-0.39, 0.29) is 0 Å². The largest absolute Gasteiger partial charge is 0.258 e. The lowest BCUT2D eigenvalue weighted by Gasteiger charge is -2.27. The summed E-state index contributed by atoms with van der Waals surface area (Å²) >= 11 is 1.96. The molecule has 0 bridgehead atoms. The predicted molar refractivity (Wildman–Crippen MR) is 65.1 cm³/mol. The molecule has 1 aliphatic carbocycles. The van der Waals surface area contributed by atoms with Gasteiger partial charge < -0.3 is 0 Å². The van der Waals surface area contributed by atoms with Gasteiger partial charge >= 0.3 is 0 Å². The molecule has 82 valence electrons. The summed E-state index contributed by atoms with van der Waals surface area (Å²) in [7, 11) is -0.517. The third-order valence-electron chi connectivity index (χ3n) is 3.34. The van der Waals surface area contributed by atoms with Crippen molar-refractivity contribution in [1.29, 1.82) is 0 Å². The van der Waals surface area contributed by atoms with Crippen molar-refractivity contribution in [2.75, 3.05) is 11.5 Å². The van der Waals surface area contributed by atoms with Gasteiger partial charge in [0.05, 0.1) is 4.58 Å². The van der Waals surface area contributed by atoms with Crippen LogP contribution in [0.25, 0.3) is 0 Å². The summed E-state index contributed by atoms with van der Waals surface area (Å²) in [6, 6.07) is 0. The number of hydrogen-bond acceptors (Lipinski definition) is 2. The summed E-state index contributed by atoms with van der Waals surface area (Å²) in [6.45, 7) is 0. The van der Waals surface area contributed by atoms with Crippen molar-refractivity contribution in [3.63, 3.8) is 0 Å². The van der Waals surface area contributed by atoms with Gasteiger partial charge in [0.25, 0.3) is 0 Å². The van der Waals surface area contributed by atoms with Gasteiger partial charge in [-0.3, -0.25) is 4.21 Å². The average Bonchev–Trinajstić information content (AvgIpc) is 2.23. The van der Waals surface area contributed by atoms with Gasteiger partial charge in [-0.05, 0) is 24.5 Å². The number of hydrogen-bond donors (Lipinski definition) is 0. The van der Waals surface area contributed by atoms with E-state index < -0.39 is 10.8 Å². The van der Waals surface area contributed by atoms with E-state index in [9.17, 15) is 4.21 Å². The van der Waals surface area contributed by atoms with Crippen molar-refractivity contribution in [3.8, 4) is 0 Å². The third kappa shape index (κ3) is 2.99. The topological polar surface area (TPSA) is 17.1 Å². The van der Waals surface area contributed by atoms with E-state index >= 15 is 0 Å². The van der Waals surface area contributed by atoms with Crippen LogP contribution >= 0.6 is 11.8 Å². The molecule has 1 saturated heterocycles. The van der Waals surface area contributed by atoms with E-state index in [1.54, 1.807) is 0 Å². The van der Waals surface area contributed by atoms with Gasteiger partial charge in [0.1, 0.15) is 0 Å². The summed E-state index contributed by atoms with van der Waals surface area (Å²) in [5.74, 6) is 3.09. The molecule has 0 aromatic carbocycles. The summed E-state index contributed by atoms with van der Waals surface area (Å²) in [6.07, 6.45) is 9.44. The second kappa shape index (κ2) is 5.55. The molecular formula is C11H20OS2. The second-order valence-corrected chi connectivity index (χ2v) is 7.83. The lowest BCUT2D eigenvalue weighted by atomic mass is 9.87. The minimum atomic E-state index is -0.517. The first kappa shape index (κ1) is 11.0. The third-order valence-corrected chi connectivity index (χ3v) is 6.95. The monoisotopic (exact) mass is 232 g/mol. The quantitative estimate of drug-likeness (QED) is 0.727. The molecule has 0 aromatic rings. The average molecular weight is 232 g/mol. The molecule has 2 aliphatic rings. The molecule has 0 aromatic heterocycles. The van der Waals surface area contributed by atoms with Crippen molar-refractivity contribution in [2.45, 2.75) is 49.5 Å². The van der Waals surface area contributed by atoms with Crippen LogP contribution in [-0.4, -0.2) is 20.3 Å². The summed E-state index contributed by atoms with van der Waals surface area (Å²) in [4.78, 5) is 0. The number of thioether (sulfide) groups is 1. The van der Waals surface area contributed by atoms with E-state index in [0.29, 0.717) is 4.58 Å². The molecule has 0 unspecified atom stereocenters. The van der Waals surface area contributed by atoms with E-state index in [1.807, 2.05) is 11.8 Å². The lowest BCUT2D eigenvalue weighted by Crippen LogP contribution is -2.24. The predicted octanol–water partition coefficient (Wildman–Crippen LogP) is 3.17. The molecule has 2 fully saturated rings. The first-order valence-electron chi connectivity index (χ1n) is 5.85. The van der Waals surface area contributed by atoms with Gasteiger partial charge in [-0.25, -0.2) is 0 Å². The van der Waals surface area contributed by atoms with E-state index in [0.717, 1.165) is 11.7 Å². The van der Waals surface area contributed by atoms with Gasteiger partial charge in [0, 0.05) is 16.6 Å². The highest BCUT2D eigenvalue weighted by molar-refractivity contribution is 8.11. The zero-order valence-corrected chi connectivity index (χ0v) is 10.4. The van der Waals surface area contributed by atoms with Gasteiger partial charge in [0.15, 0.2) is 0 Å². The highest BCUT2D eigenvalue weighted by atomic mass is 32.2. The molecule has 1 saturated carbocycles. The Morgan fingerprint density at radius 1 is 1.14 bits per heavy atom. The maximum Gasteiger partial charge on any atom is 0.0804 e. The summed E-state index contributed by atoms with van der Waals surface area (Å²) < 4.78 is 12.2. The Morgan fingerprint density at radius 3 is 2.64 bits per heavy atom. The van der Waals surface area contributed by atoms with Gasteiger partial charge in [0.2, 0.25) is 0 Å². The highest BCUT2D eigenvalue weighted by Gasteiger charge is 2.25. The van der Waals surface area contributed by atoms with E-state index in [1.165, 1.54) is 50.7 Å². The zero-order valence-electron chi connectivity index (χ0n) is 8.74. The smallest absolute Gasteiger partial charge is 0.0804 e. The minimum absolute atomic E-state index is 0.479. The van der Waals surface area contributed by atoms with E-state index in [2.05, 4.69) is 0 Å². The fraction of sp³-hybridized carbons (Fsp3) is 1.00. The molecule has 1 nitrogen and oxygen atoms in total. The standard InChI is InChI=1S/C11H20OS2/c12-14-8-4-7-13-11(14)9-10-5-2-1-3-6-10/h10-11H,1-9H2/t11-,14+/m1/s1. The second-order valence-electron chi connectivity index (χ2n) is 4.48. The summed E-state index contributed by atoms with van der Waals surface area (Å²) in [5.41, 5.74) is 0. The molecule has 2 rings (SSSR count). The van der Waals surface area contributed by atoms with Crippen molar-refractivity contribution in [1.82, 2.24) is 0 Å². The number of rotatable bonds is 2. The zero-order chi connectivity index (χ0) is 9.80. The normalized spacial score (nSPS) is 35.7. The first-order chi connectivity index (χ1) is 6.86. The molecule has 1 aliphatic heterocycles. The van der Waals surface area contributed by atoms with Crippen molar-refractivity contribution >= 4 is 22.6 Å². The Bertz CT molecular complexity index is 199. The van der Waals surface area contributed by atoms with Crippen LogP contribution in [0.1, 0.15) is 44.9 Å². The Labute approximate surface area is 93.9 Å². The van der Waals surface area contributed by atoms with Crippen LogP contribution < -0.4 is 0 Å². The Kier molecular flexibility index (Phi) is 4.36. The lowest BCUT2D eigenvalue weighted by molar-refractivity contribution is 0.347. The van der Waals surface area contributed by atoms with Gasteiger partial charge in [-0.15, -0.1) is 11.8 Å². The molecule has 0 amide bonds. The molecule has 0 N–H and O–H groups in total. The highest BCUT2D eigenvalue weighted by Crippen LogP contribution is 2.34. The maximum absolute atomic E-state index is 11.8. The molecule has 3 heteroatoms. The molecule has 0 spiro atoms. The molecule has 14 heavy (non-hydrogen) atoms. The van der Waals surface area contributed by atoms with Crippen LogP contribution in [-0.2, 0) is 10.8 Å². The molecule has 1 heterocycles. The summed E-state index contributed by atoms with van der Waals surface area (Å²) in [5, 5.41) is 0. The molecule has 2 atom stereocenters. The Balaban J connectivity index is 1.79. The van der Waals surface area contributed by atoms with Crippen LogP contribution in [0.15, 0.2) is 0 Å². The molecular weight excluding hydrogens is 212 g/mol. The molecule has 0 radical (unpaired) electrons. The van der Waals surface area contributed by atoms with Crippen molar-refractivity contribution in [3.05, 3.63) is 0 Å². The van der Waals surface area contributed by atoms with E-state index in [4.69, 9.17) is 0 Å². The van der Waals surface area contributed by atoms with Crippen LogP contribution in [0.4, 0.5) is 0 Å². The van der Waals surface area contributed by atoms with Crippen LogP contribution in [0, 0.1) is 5.92 Å². The Hall–Kier alpha value is 0.500. The van der Waals surface area contributed by atoms with Crippen LogP contribution in [0.2, 0.25) is 0 Å². The van der Waals surface area contributed by atoms with Gasteiger partial charge in [-0.2, -0.15) is 0 Å². The van der Waals surface area contributed by atoms with Gasteiger partial charge in [-0.1, -0.05) is 32.1 Å². The fourth-order valence-corrected chi connectivity index (χ4v) is 6.02. The van der Waals surface area contributed by atoms with Crippen molar-refractivity contribution < 1.29 is 4.21 Å². The first-order valence-corrected chi connectivity index (χ1v) is 8.28. The SMILES string of the molecule is O=[S@]1CCCS[C@H]1CC1CCCCC1. The minimum Gasteiger partial charge on any atom is -0.258 e. The Morgan fingerprint density at radius 2 is 1.93 bits per heavy atom. The van der Waals surface area contributed by atoms with Crippen molar-refractivity contribution in [2.24, 2.45) is 5.92 Å². The fourth-order valence-electron chi connectivity index (χ4n) is 2.49.